The van der Waals surface area contributed by atoms with E-state index in [1.54, 1.807) is 0 Å². The Labute approximate surface area is 105 Å². The summed E-state index contributed by atoms with van der Waals surface area (Å²) in [5, 5.41) is 0. The first-order valence-corrected chi connectivity index (χ1v) is 6.45. The predicted molar refractivity (Wildman–Crippen MR) is 73.0 cm³/mol. The summed E-state index contributed by atoms with van der Waals surface area (Å²) < 4.78 is 6.05. The molecule has 0 spiro atoms. The molecule has 2 heteroatoms. The summed E-state index contributed by atoms with van der Waals surface area (Å²) in [6.07, 6.45) is 1.34. The van der Waals surface area contributed by atoms with Crippen LogP contribution in [-0.2, 0) is 4.74 Å². The minimum atomic E-state index is 0.0185. The lowest BCUT2D eigenvalue weighted by atomic mass is 10.0. The molecule has 1 rings (SSSR count). The normalized spacial score (nSPS) is 14.9. The van der Waals surface area contributed by atoms with Gasteiger partial charge in [-0.2, -0.15) is 0 Å². The van der Waals surface area contributed by atoms with Crippen LogP contribution in [0.3, 0.4) is 0 Å². The Hall–Kier alpha value is -0.860. The summed E-state index contributed by atoms with van der Waals surface area (Å²) >= 11 is 0. The third-order valence-corrected chi connectivity index (χ3v) is 2.95. The zero-order valence-electron chi connectivity index (χ0n) is 11.4. The number of hydrogen-bond donors (Lipinski definition) is 1. The number of aryl methyl sites for hydroxylation is 1. The summed E-state index contributed by atoms with van der Waals surface area (Å²) in [5.74, 6) is 0.653. The molecule has 0 saturated heterocycles. The second-order valence-electron chi connectivity index (χ2n) is 5.16. The second kappa shape index (κ2) is 6.77. The van der Waals surface area contributed by atoms with Gasteiger partial charge in [0.2, 0.25) is 0 Å². The van der Waals surface area contributed by atoms with Crippen LogP contribution in [0.1, 0.15) is 44.4 Å². The van der Waals surface area contributed by atoms with Gasteiger partial charge >= 0.3 is 0 Å². The summed E-state index contributed by atoms with van der Waals surface area (Å²) in [7, 11) is 0. The third-order valence-electron chi connectivity index (χ3n) is 2.95. The molecule has 1 aromatic carbocycles. The number of rotatable bonds is 6. The zero-order valence-corrected chi connectivity index (χ0v) is 11.4. The molecule has 17 heavy (non-hydrogen) atoms. The third kappa shape index (κ3) is 4.49. The van der Waals surface area contributed by atoms with E-state index < -0.39 is 0 Å². The molecule has 0 saturated carbocycles. The van der Waals surface area contributed by atoms with Gasteiger partial charge in [-0.3, -0.25) is 0 Å². The first-order valence-electron chi connectivity index (χ1n) is 6.45. The Morgan fingerprint density at radius 3 is 2.35 bits per heavy atom. The average Bonchev–Trinajstić information content (AvgIpc) is 2.26. The molecule has 1 aromatic rings. The Morgan fingerprint density at radius 2 is 1.82 bits per heavy atom. The smallest absolute Gasteiger partial charge is 0.0953 e. The molecule has 0 aliphatic carbocycles. The Bertz CT molecular complexity index is 335. The van der Waals surface area contributed by atoms with Crippen LogP contribution in [0.5, 0.6) is 0 Å². The molecule has 0 amide bonds. The van der Waals surface area contributed by atoms with Crippen molar-refractivity contribution in [2.45, 2.75) is 46.3 Å². The minimum Gasteiger partial charge on any atom is -0.369 e. The number of benzene rings is 1. The number of ether oxygens (including phenoxy) is 1. The summed E-state index contributed by atoms with van der Waals surface area (Å²) in [6.45, 7) is 9.19. The van der Waals surface area contributed by atoms with Crippen LogP contribution in [0.25, 0.3) is 0 Å². The lowest BCUT2D eigenvalue weighted by Gasteiger charge is -2.24. The van der Waals surface area contributed by atoms with E-state index >= 15 is 0 Å². The van der Waals surface area contributed by atoms with Crippen LogP contribution in [0.2, 0.25) is 0 Å². The molecule has 96 valence electrons. The molecule has 0 aliphatic heterocycles. The van der Waals surface area contributed by atoms with Crippen LogP contribution in [0, 0.1) is 12.8 Å². The van der Waals surface area contributed by atoms with Crippen LogP contribution in [0.4, 0.5) is 0 Å². The molecule has 0 aromatic heterocycles. The molecule has 0 aliphatic rings. The van der Waals surface area contributed by atoms with E-state index in [1.165, 1.54) is 11.1 Å². The van der Waals surface area contributed by atoms with Gasteiger partial charge in [-0.05, 0) is 37.3 Å². The lowest BCUT2D eigenvalue weighted by Crippen LogP contribution is -2.22. The first kappa shape index (κ1) is 14.2. The topological polar surface area (TPSA) is 35.2 Å². The van der Waals surface area contributed by atoms with Gasteiger partial charge in [-0.1, -0.05) is 38.1 Å². The van der Waals surface area contributed by atoms with Crippen molar-refractivity contribution >= 4 is 0 Å². The lowest BCUT2D eigenvalue weighted by molar-refractivity contribution is -0.00869. The Balaban J connectivity index is 2.69. The van der Waals surface area contributed by atoms with Crippen molar-refractivity contribution in [1.29, 1.82) is 0 Å². The van der Waals surface area contributed by atoms with Crippen LogP contribution in [0.15, 0.2) is 24.3 Å². The molecule has 2 atom stereocenters. The first-order chi connectivity index (χ1) is 8.04. The summed E-state index contributed by atoms with van der Waals surface area (Å²) in [6, 6.07) is 8.30. The van der Waals surface area contributed by atoms with Crippen LogP contribution < -0.4 is 5.73 Å². The maximum atomic E-state index is 6.05. The van der Waals surface area contributed by atoms with Crippen molar-refractivity contribution in [3.63, 3.8) is 0 Å². The van der Waals surface area contributed by atoms with Gasteiger partial charge in [-0.15, -0.1) is 0 Å². The van der Waals surface area contributed by atoms with E-state index in [0.717, 1.165) is 6.42 Å². The molecule has 0 radical (unpaired) electrons. The van der Waals surface area contributed by atoms with Crippen molar-refractivity contribution in [3.8, 4) is 0 Å². The van der Waals surface area contributed by atoms with Crippen molar-refractivity contribution < 1.29 is 4.74 Å². The number of nitrogens with two attached hydrogens (primary N) is 1. The highest BCUT2D eigenvalue weighted by molar-refractivity contribution is 5.28. The monoisotopic (exact) mass is 235 g/mol. The van der Waals surface area contributed by atoms with Gasteiger partial charge in [0.25, 0.3) is 0 Å². The van der Waals surface area contributed by atoms with Crippen molar-refractivity contribution in [2.75, 3.05) is 6.54 Å². The predicted octanol–water partition coefficient (Wildman–Crippen LogP) is 3.45. The molecular weight excluding hydrogens is 210 g/mol. The van der Waals surface area contributed by atoms with E-state index in [0.29, 0.717) is 12.5 Å². The van der Waals surface area contributed by atoms with E-state index in [1.807, 2.05) is 12.1 Å². The van der Waals surface area contributed by atoms with Gasteiger partial charge in [0.15, 0.2) is 0 Å². The highest BCUT2D eigenvalue weighted by Crippen LogP contribution is 2.23. The maximum absolute atomic E-state index is 6.05. The van der Waals surface area contributed by atoms with E-state index in [4.69, 9.17) is 10.5 Å². The highest BCUT2D eigenvalue weighted by Gasteiger charge is 2.16. The van der Waals surface area contributed by atoms with E-state index in [9.17, 15) is 0 Å². The van der Waals surface area contributed by atoms with Crippen molar-refractivity contribution in [3.05, 3.63) is 35.4 Å². The summed E-state index contributed by atoms with van der Waals surface area (Å²) in [5.41, 5.74) is 8.29. The summed E-state index contributed by atoms with van der Waals surface area (Å²) in [4.78, 5) is 0. The van der Waals surface area contributed by atoms with Crippen molar-refractivity contribution in [2.24, 2.45) is 11.7 Å². The zero-order chi connectivity index (χ0) is 12.8. The molecular formula is C15H25NO. The molecule has 0 bridgehead atoms. The minimum absolute atomic E-state index is 0.0185. The molecule has 2 N–H and O–H groups in total. The SMILES string of the molecule is Cc1ccccc1C(CN)OC(C)CC(C)C. The van der Waals surface area contributed by atoms with Crippen LogP contribution in [-0.4, -0.2) is 12.6 Å². The van der Waals surface area contributed by atoms with Gasteiger partial charge in [0.05, 0.1) is 12.2 Å². The molecule has 2 nitrogen and oxygen atoms in total. The fourth-order valence-corrected chi connectivity index (χ4v) is 2.20. The Kier molecular flexibility index (Phi) is 5.66. The van der Waals surface area contributed by atoms with Gasteiger partial charge in [0, 0.05) is 6.54 Å². The molecule has 2 unspecified atom stereocenters. The highest BCUT2D eigenvalue weighted by atomic mass is 16.5. The average molecular weight is 235 g/mol. The quantitative estimate of drug-likeness (QED) is 0.819. The fourth-order valence-electron chi connectivity index (χ4n) is 2.20. The van der Waals surface area contributed by atoms with Gasteiger partial charge in [0.1, 0.15) is 0 Å². The largest absolute Gasteiger partial charge is 0.369 e. The Morgan fingerprint density at radius 1 is 1.18 bits per heavy atom. The van der Waals surface area contributed by atoms with Gasteiger partial charge < -0.3 is 10.5 Å². The fraction of sp³-hybridized carbons (Fsp3) is 0.600. The molecule has 0 fully saturated rings. The standard InChI is InChI=1S/C15H25NO/c1-11(2)9-13(4)17-15(10-16)14-8-6-5-7-12(14)3/h5-8,11,13,15H,9-10,16H2,1-4H3. The molecule has 0 heterocycles. The number of hydrogen-bond acceptors (Lipinski definition) is 2. The maximum Gasteiger partial charge on any atom is 0.0953 e. The van der Waals surface area contributed by atoms with E-state index in [2.05, 4.69) is 39.8 Å². The second-order valence-corrected chi connectivity index (χ2v) is 5.16. The van der Waals surface area contributed by atoms with Crippen LogP contribution >= 0.6 is 0 Å². The van der Waals surface area contributed by atoms with Crippen molar-refractivity contribution in [1.82, 2.24) is 0 Å². The van der Waals surface area contributed by atoms with Gasteiger partial charge in [-0.25, -0.2) is 0 Å². The van der Waals surface area contributed by atoms with E-state index in [-0.39, 0.29) is 12.2 Å².